The summed E-state index contributed by atoms with van der Waals surface area (Å²) in [5.74, 6) is 1.25. The van der Waals surface area contributed by atoms with Crippen LogP contribution in [-0.4, -0.2) is 51.2 Å². The Morgan fingerprint density at radius 3 is 2.70 bits per heavy atom. The van der Waals surface area contributed by atoms with Crippen molar-refractivity contribution < 1.29 is 14.3 Å². The van der Waals surface area contributed by atoms with Crippen molar-refractivity contribution in [1.29, 1.82) is 0 Å². The standard InChI is InChI=1S/C14H20N2O3.ClH/c1-18-11-4-5-13(19-2)12(10-11)14(17)16-8-3-6-15-7-9-16;/h4-5,10,15H,3,6-9H2,1-2H3;1H. The van der Waals surface area contributed by atoms with E-state index in [1.165, 1.54) is 0 Å². The highest BCUT2D eigenvalue weighted by Gasteiger charge is 2.21. The summed E-state index contributed by atoms with van der Waals surface area (Å²) in [5.41, 5.74) is 0.559. The van der Waals surface area contributed by atoms with Crippen LogP contribution in [0.15, 0.2) is 18.2 Å². The first kappa shape index (κ1) is 16.6. The van der Waals surface area contributed by atoms with Crippen LogP contribution < -0.4 is 14.8 Å². The summed E-state index contributed by atoms with van der Waals surface area (Å²) in [7, 11) is 3.16. The number of carbonyl (C=O) groups excluding carboxylic acids is 1. The second-order valence-electron chi connectivity index (χ2n) is 4.46. The summed E-state index contributed by atoms with van der Waals surface area (Å²) in [6.45, 7) is 3.28. The Balaban J connectivity index is 0.00000200. The van der Waals surface area contributed by atoms with Crippen molar-refractivity contribution in [2.24, 2.45) is 0 Å². The molecule has 0 aromatic heterocycles. The second-order valence-corrected chi connectivity index (χ2v) is 4.46. The van der Waals surface area contributed by atoms with Gasteiger partial charge < -0.3 is 19.7 Å². The van der Waals surface area contributed by atoms with E-state index in [0.29, 0.717) is 17.1 Å². The van der Waals surface area contributed by atoms with E-state index < -0.39 is 0 Å². The van der Waals surface area contributed by atoms with Crippen LogP contribution in [0.3, 0.4) is 0 Å². The Hall–Kier alpha value is -1.46. The molecule has 1 fully saturated rings. The van der Waals surface area contributed by atoms with Gasteiger partial charge in [-0.1, -0.05) is 0 Å². The highest BCUT2D eigenvalue weighted by molar-refractivity contribution is 5.97. The summed E-state index contributed by atoms with van der Waals surface area (Å²) in [6.07, 6.45) is 0.970. The van der Waals surface area contributed by atoms with E-state index in [9.17, 15) is 4.79 Å². The van der Waals surface area contributed by atoms with Gasteiger partial charge in [-0.25, -0.2) is 0 Å². The van der Waals surface area contributed by atoms with Gasteiger partial charge in [0.05, 0.1) is 19.8 Å². The zero-order valence-corrected chi connectivity index (χ0v) is 12.7. The van der Waals surface area contributed by atoms with Crippen LogP contribution in [0, 0.1) is 0 Å². The Morgan fingerprint density at radius 1 is 1.20 bits per heavy atom. The first-order chi connectivity index (χ1) is 9.26. The molecule has 112 valence electrons. The molecule has 5 nitrogen and oxygen atoms in total. The van der Waals surface area contributed by atoms with Crippen molar-refractivity contribution in [2.45, 2.75) is 6.42 Å². The Morgan fingerprint density at radius 2 is 2.00 bits per heavy atom. The average molecular weight is 301 g/mol. The van der Waals surface area contributed by atoms with Gasteiger partial charge >= 0.3 is 0 Å². The predicted molar refractivity (Wildman–Crippen MR) is 80.2 cm³/mol. The molecule has 0 saturated carbocycles. The first-order valence-corrected chi connectivity index (χ1v) is 6.48. The molecule has 1 aliphatic heterocycles. The molecule has 0 radical (unpaired) electrons. The summed E-state index contributed by atoms with van der Waals surface area (Å²) < 4.78 is 10.4. The minimum atomic E-state index is -0.000509. The normalized spacial score (nSPS) is 15.0. The maximum absolute atomic E-state index is 12.6. The lowest BCUT2D eigenvalue weighted by Crippen LogP contribution is -2.34. The number of hydrogen-bond donors (Lipinski definition) is 1. The topological polar surface area (TPSA) is 50.8 Å². The molecule has 0 aliphatic carbocycles. The van der Waals surface area contributed by atoms with Crippen LogP contribution in [0.2, 0.25) is 0 Å². The number of methoxy groups -OCH3 is 2. The molecular weight excluding hydrogens is 280 g/mol. The van der Waals surface area contributed by atoms with Crippen molar-refractivity contribution >= 4 is 18.3 Å². The van der Waals surface area contributed by atoms with E-state index in [4.69, 9.17) is 9.47 Å². The van der Waals surface area contributed by atoms with Gasteiger partial charge in [-0.15, -0.1) is 12.4 Å². The molecule has 0 bridgehead atoms. The lowest BCUT2D eigenvalue weighted by molar-refractivity contribution is 0.0762. The van der Waals surface area contributed by atoms with Gasteiger partial charge in [0.2, 0.25) is 0 Å². The minimum absolute atomic E-state index is 0. The van der Waals surface area contributed by atoms with Gasteiger partial charge in [0.1, 0.15) is 11.5 Å². The molecule has 1 N–H and O–H groups in total. The molecule has 1 heterocycles. The number of benzene rings is 1. The van der Waals surface area contributed by atoms with Crippen LogP contribution in [0.4, 0.5) is 0 Å². The van der Waals surface area contributed by atoms with E-state index >= 15 is 0 Å². The second kappa shape index (κ2) is 7.97. The Labute approximate surface area is 125 Å². The fraction of sp³-hybridized carbons (Fsp3) is 0.500. The van der Waals surface area contributed by atoms with Gasteiger partial charge in [-0.05, 0) is 31.2 Å². The number of amides is 1. The van der Waals surface area contributed by atoms with Gasteiger partial charge in [-0.3, -0.25) is 4.79 Å². The largest absolute Gasteiger partial charge is 0.497 e. The third-order valence-electron chi connectivity index (χ3n) is 3.26. The maximum Gasteiger partial charge on any atom is 0.257 e. The smallest absolute Gasteiger partial charge is 0.257 e. The van der Waals surface area contributed by atoms with Crippen molar-refractivity contribution in [3.63, 3.8) is 0 Å². The zero-order chi connectivity index (χ0) is 13.7. The number of hydrogen-bond acceptors (Lipinski definition) is 4. The van der Waals surface area contributed by atoms with Crippen LogP contribution >= 0.6 is 12.4 Å². The zero-order valence-electron chi connectivity index (χ0n) is 11.8. The molecular formula is C14H21ClN2O3. The van der Waals surface area contributed by atoms with Crippen molar-refractivity contribution in [3.8, 4) is 11.5 Å². The monoisotopic (exact) mass is 300 g/mol. The summed E-state index contributed by atoms with van der Waals surface area (Å²) >= 11 is 0. The van der Waals surface area contributed by atoms with Crippen molar-refractivity contribution in [2.75, 3.05) is 40.4 Å². The van der Waals surface area contributed by atoms with Crippen LogP contribution in [-0.2, 0) is 0 Å². The first-order valence-electron chi connectivity index (χ1n) is 6.48. The number of halogens is 1. The number of carbonyl (C=O) groups is 1. The number of ether oxygens (including phenoxy) is 2. The Bertz CT molecular complexity index is 446. The molecule has 2 rings (SSSR count). The molecule has 0 unspecified atom stereocenters. The molecule has 20 heavy (non-hydrogen) atoms. The van der Waals surface area contributed by atoms with Gasteiger partial charge in [0.25, 0.3) is 5.91 Å². The molecule has 0 atom stereocenters. The van der Waals surface area contributed by atoms with Crippen molar-refractivity contribution in [1.82, 2.24) is 10.2 Å². The van der Waals surface area contributed by atoms with E-state index in [2.05, 4.69) is 5.32 Å². The number of nitrogens with zero attached hydrogens (tertiary/aromatic N) is 1. The predicted octanol–water partition coefficient (Wildman–Crippen LogP) is 1.56. The van der Waals surface area contributed by atoms with Gasteiger partial charge in [0.15, 0.2) is 0 Å². The maximum atomic E-state index is 12.6. The summed E-state index contributed by atoms with van der Waals surface area (Å²) in [6, 6.07) is 5.29. The number of rotatable bonds is 3. The average Bonchev–Trinajstić information content (AvgIpc) is 2.74. The molecule has 1 amide bonds. The van der Waals surface area contributed by atoms with Crippen LogP contribution in [0.1, 0.15) is 16.8 Å². The molecule has 0 spiro atoms. The van der Waals surface area contributed by atoms with Crippen molar-refractivity contribution in [3.05, 3.63) is 23.8 Å². The highest BCUT2D eigenvalue weighted by atomic mass is 35.5. The minimum Gasteiger partial charge on any atom is -0.497 e. The summed E-state index contributed by atoms with van der Waals surface area (Å²) in [4.78, 5) is 14.4. The highest BCUT2D eigenvalue weighted by Crippen LogP contribution is 2.25. The molecule has 6 heteroatoms. The summed E-state index contributed by atoms with van der Waals surface area (Å²) in [5, 5.41) is 3.28. The van der Waals surface area contributed by atoms with Crippen LogP contribution in [0.25, 0.3) is 0 Å². The lowest BCUT2D eigenvalue weighted by atomic mass is 10.1. The van der Waals surface area contributed by atoms with E-state index in [-0.39, 0.29) is 18.3 Å². The molecule has 1 aromatic carbocycles. The molecule has 1 saturated heterocycles. The van der Waals surface area contributed by atoms with E-state index in [0.717, 1.165) is 32.6 Å². The van der Waals surface area contributed by atoms with Gasteiger partial charge in [0, 0.05) is 19.6 Å². The quantitative estimate of drug-likeness (QED) is 0.920. The fourth-order valence-electron chi connectivity index (χ4n) is 2.20. The van der Waals surface area contributed by atoms with E-state index in [1.807, 2.05) is 4.90 Å². The van der Waals surface area contributed by atoms with Gasteiger partial charge in [-0.2, -0.15) is 0 Å². The molecule has 1 aliphatic rings. The number of nitrogens with one attached hydrogen (secondary N) is 1. The fourth-order valence-corrected chi connectivity index (χ4v) is 2.20. The lowest BCUT2D eigenvalue weighted by Gasteiger charge is -2.21. The molecule has 1 aromatic rings. The van der Waals surface area contributed by atoms with Crippen LogP contribution in [0.5, 0.6) is 11.5 Å². The van der Waals surface area contributed by atoms with E-state index in [1.54, 1.807) is 32.4 Å². The third-order valence-corrected chi connectivity index (χ3v) is 3.26. The SMILES string of the molecule is COc1ccc(OC)c(C(=O)N2CCCNCC2)c1.Cl. The third kappa shape index (κ3) is 3.77. The Kier molecular flexibility index (Phi) is 6.61.